The quantitative estimate of drug-likeness (QED) is 0.894. The highest BCUT2D eigenvalue weighted by molar-refractivity contribution is 5.90. The Labute approximate surface area is 131 Å². The molecule has 0 amide bonds. The number of carbonyl (C=O) groups is 1. The van der Waals surface area contributed by atoms with Gasteiger partial charge < -0.3 is 5.11 Å². The monoisotopic (exact) mass is 297 g/mol. The van der Waals surface area contributed by atoms with Crippen LogP contribution in [0.4, 0.5) is 0 Å². The molecule has 1 N–H and O–H groups in total. The maximum absolute atomic E-state index is 11.3. The number of aromatic nitrogens is 1. The van der Waals surface area contributed by atoms with Gasteiger partial charge in [0.05, 0.1) is 11.9 Å². The number of carboxylic acids is 1. The summed E-state index contributed by atoms with van der Waals surface area (Å²) in [4.78, 5) is 16.0. The number of pyridine rings is 1. The SMILES string of the molecule is CC=Cc1c(C)nc2cccc(C)c2c1C(C)(C)CC(=O)O. The minimum atomic E-state index is -0.785. The number of nitrogens with zero attached hydrogens (tertiary/aromatic N) is 1. The number of hydrogen-bond acceptors (Lipinski definition) is 2. The first-order valence-electron chi connectivity index (χ1n) is 7.53. The highest BCUT2D eigenvalue weighted by Gasteiger charge is 2.30. The molecule has 116 valence electrons. The van der Waals surface area contributed by atoms with Crippen LogP contribution in [-0.2, 0) is 10.2 Å². The number of carboxylic acid groups (broad SMARTS) is 1. The first-order valence-corrected chi connectivity index (χ1v) is 7.53. The average Bonchev–Trinajstić information content (AvgIpc) is 2.38. The Hall–Kier alpha value is -2.16. The molecule has 0 fully saturated rings. The van der Waals surface area contributed by atoms with Gasteiger partial charge in [0.25, 0.3) is 0 Å². The molecule has 1 aromatic carbocycles. The van der Waals surface area contributed by atoms with Crippen LogP contribution < -0.4 is 0 Å². The van der Waals surface area contributed by atoms with Gasteiger partial charge in [0.1, 0.15) is 0 Å². The lowest BCUT2D eigenvalue weighted by atomic mass is 9.76. The van der Waals surface area contributed by atoms with Gasteiger partial charge >= 0.3 is 5.97 Å². The molecule has 0 spiro atoms. The van der Waals surface area contributed by atoms with Crippen LogP contribution in [0, 0.1) is 13.8 Å². The third-order valence-corrected chi connectivity index (χ3v) is 4.05. The maximum atomic E-state index is 11.3. The molecule has 22 heavy (non-hydrogen) atoms. The molecular weight excluding hydrogens is 274 g/mol. The van der Waals surface area contributed by atoms with Crippen LogP contribution in [-0.4, -0.2) is 16.1 Å². The lowest BCUT2D eigenvalue weighted by Crippen LogP contribution is -2.24. The lowest BCUT2D eigenvalue weighted by Gasteiger charge is -2.28. The normalized spacial score (nSPS) is 12.2. The van der Waals surface area contributed by atoms with Crippen LogP contribution in [0.2, 0.25) is 0 Å². The first kappa shape index (κ1) is 16.2. The van der Waals surface area contributed by atoms with Gasteiger partial charge in [-0.15, -0.1) is 0 Å². The van der Waals surface area contributed by atoms with Gasteiger partial charge in [-0.2, -0.15) is 0 Å². The summed E-state index contributed by atoms with van der Waals surface area (Å²) in [7, 11) is 0. The van der Waals surface area contributed by atoms with E-state index >= 15 is 0 Å². The van der Waals surface area contributed by atoms with Crippen LogP contribution in [0.15, 0.2) is 24.3 Å². The predicted molar refractivity (Wildman–Crippen MR) is 91.2 cm³/mol. The molecule has 0 saturated heterocycles. The van der Waals surface area contributed by atoms with E-state index in [1.165, 1.54) is 0 Å². The summed E-state index contributed by atoms with van der Waals surface area (Å²) < 4.78 is 0. The molecule has 3 heteroatoms. The number of benzene rings is 1. The summed E-state index contributed by atoms with van der Waals surface area (Å²) in [5.41, 5.74) is 4.64. The molecule has 2 aromatic rings. The second-order valence-electron chi connectivity index (χ2n) is 6.41. The summed E-state index contributed by atoms with van der Waals surface area (Å²) in [5.74, 6) is -0.785. The molecule has 0 aliphatic carbocycles. The summed E-state index contributed by atoms with van der Waals surface area (Å²) in [6, 6.07) is 6.04. The highest BCUT2D eigenvalue weighted by Crippen LogP contribution is 2.38. The Balaban J connectivity index is 2.94. The van der Waals surface area contributed by atoms with Crippen molar-refractivity contribution in [2.45, 2.75) is 46.5 Å². The molecule has 0 unspecified atom stereocenters. The van der Waals surface area contributed by atoms with Crippen LogP contribution in [0.1, 0.15) is 49.6 Å². The highest BCUT2D eigenvalue weighted by atomic mass is 16.4. The van der Waals surface area contributed by atoms with Crippen LogP contribution in [0.5, 0.6) is 0 Å². The average molecular weight is 297 g/mol. The third kappa shape index (κ3) is 2.89. The second kappa shape index (κ2) is 5.91. The van der Waals surface area contributed by atoms with Gasteiger partial charge in [-0.3, -0.25) is 9.78 Å². The predicted octanol–water partition coefficient (Wildman–Crippen LogP) is 4.64. The summed E-state index contributed by atoms with van der Waals surface area (Å²) in [5, 5.41) is 10.4. The van der Waals surface area contributed by atoms with Gasteiger partial charge in [-0.1, -0.05) is 38.1 Å². The van der Waals surface area contributed by atoms with Crippen molar-refractivity contribution >= 4 is 22.9 Å². The topological polar surface area (TPSA) is 50.2 Å². The van der Waals surface area contributed by atoms with Crippen molar-refractivity contribution in [1.82, 2.24) is 4.98 Å². The Morgan fingerprint density at radius 2 is 2.00 bits per heavy atom. The fraction of sp³-hybridized carbons (Fsp3) is 0.368. The van der Waals surface area contributed by atoms with Gasteiger partial charge in [0, 0.05) is 16.5 Å². The summed E-state index contributed by atoms with van der Waals surface area (Å²) in [6.07, 6.45) is 4.10. The van der Waals surface area contributed by atoms with Gasteiger partial charge in [-0.05, 0) is 43.5 Å². The zero-order valence-electron chi connectivity index (χ0n) is 13.9. The number of rotatable bonds is 4. The first-order chi connectivity index (χ1) is 10.3. The van der Waals surface area contributed by atoms with E-state index < -0.39 is 11.4 Å². The number of hydrogen-bond donors (Lipinski definition) is 1. The van der Waals surface area contributed by atoms with Crippen molar-refractivity contribution in [3.8, 4) is 0 Å². The Morgan fingerprint density at radius 1 is 1.32 bits per heavy atom. The molecule has 0 saturated carbocycles. The van der Waals surface area contributed by atoms with Crippen molar-refractivity contribution in [3.63, 3.8) is 0 Å². The van der Waals surface area contributed by atoms with Crippen molar-refractivity contribution in [2.24, 2.45) is 0 Å². The number of allylic oxidation sites excluding steroid dienone is 1. The molecule has 1 aromatic heterocycles. The Morgan fingerprint density at radius 3 is 2.59 bits per heavy atom. The summed E-state index contributed by atoms with van der Waals surface area (Å²) >= 11 is 0. The van der Waals surface area contributed by atoms with E-state index in [4.69, 9.17) is 4.98 Å². The standard InChI is InChI=1S/C19H23NO2/c1-6-8-14-13(3)20-15-10-7-9-12(2)17(15)18(14)19(4,5)11-16(21)22/h6-10H,11H2,1-5H3,(H,21,22). The van der Waals surface area contributed by atoms with Crippen molar-refractivity contribution in [1.29, 1.82) is 0 Å². The van der Waals surface area contributed by atoms with E-state index in [0.29, 0.717) is 0 Å². The van der Waals surface area contributed by atoms with E-state index in [1.54, 1.807) is 0 Å². The van der Waals surface area contributed by atoms with E-state index in [9.17, 15) is 9.90 Å². The number of fused-ring (bicyclic) bond motifs is 1. The van der Waals surface area contributed by atoms with Crippen LogP contribution in [0.25, 0.3) is 17.0 Å². The van der Waals surface area contributed by atoms with Crippen molar-refractivity contribution in [3.05, 3.63) is 46.7 Å². The van der Waals surface area contributed by atoms with Gasteiger partial charge in [0.15, 0.2) is 0 Å². The van der Waals surface area contributed by atoms with Gasteiger partial charge in [0.2, 0.25) is 0 Å². The number of aliphatic carboxylic acids is 1. The zero-order valence-corrected chi connectivity index (χ0v) is 13.9. The van der Waals surface area contributed by atoms with Crippen molar-refractivity contribution < 1.29 is 9.90 Å². The largest absolute Gasteiger partial charge is 0.481 e. The molecule has 3 nitrogen and oxygen atoms in total. The molecule has 0 bridgehead atoms. The third-order valence-electron chi connectivity index (χ3n) is 4.05. The smallest absolute Gasteiger partial charge is 0.304 e. The van der Waals surface area contributed by atoms with Crippen LogP contribution >= 0.6 is 0 Å². The Bertz CT molecular complexity index is 758. The molecule has 2 rings (SSSR count). The van der Waals surface area contributed by atoms with Crippen molar-refractivity contribution in [2.75, 3.05) is 0 Å². The lowest BCUT2D eigenvalue weighted by molar-refractivity contribution is -0.138. The molecule has 1 heterocycles. The van der Waals surface area contributed by atoms with E-state index in [1.807, 2.05) is 52.0 Å². The van der Waals surface area contributed by atoms with E-state index in [0.717, 1.165) is 33.3 Å². The number of aryl methyl sites for hydroxylation is 2. The van der Waals surface area contributed by atoms with E-state index in [2.05, 4.69) is 13.0 Å². The Kier molecular flexibility index (Phi) is 4.36. The molecular formula is C19H23NO2. The molecule has 0 atom stereocenters. The fourth-order valence-electron chi connectivity index (χ4n) is 3.17. The van der Waals surface area contributed by atoms with Crippen LogP contribution in [0.3, 0.4) is 0 Å². The molecule has 0 aliphatic rings. The van der Waals surface area contributed by atoms with E-state index in [-0.39, 0.29) is 6.42 Å². The second-order valence-corrected chi connectivity index (χ2v) is 6.41. The zero-order chi connectivity index (χ0) is 16.5. The fourth-order valence-corrected chi connectivity index (χ4v) is 3.17. The summed E-state index contributed by atoms with van der Waals surface area (Å²) in [6.45, 7) is 10.00. The minimum Gasteiger partial charge on any atom is -0.481 e. The molecule has 0 radical (unpaired) electrons. The van der Waals surface area contributed by atoms with Gasteiger partial charge in [-0.25, -0.2) is 0 Å². The molecule has 0 aliphatic heterocycles. The maximum Gasteiger partial charge on any atom is 0.304 e. The minimum absolute atomic E-state index is 0.0877.